The first kappa shape index (κ1) is 16.9. The van der Waals surface area contributed by atoms with Gasteiger partial charge in [-0.3, -0.25) is 9.59 Å². The number of carbonyl (C=O) groups excluding carboxylic acids is 1. The number of nitrogens with one attached hydrogen (secondary N) is 1. The Labute approximate surface area is 144 Å². The van der Waals surface area contributed by atoms with Crippen LogP contribution in [0.3, 0.4) is 0 Å². The number of hydrogen-bond acceptors (Lipinski definition) is 6. The number of nitrogens with zero attached hydrogens (tertiary/aromatic N) is 2. The zero-order valence-corrected chi connectivity index (χ0v) is 13.8. The van der Waals surface area contributed by atoms with Crippen LogP contribution < -0.4 is 10.1 Å². The number of carbonyl (C=O) groups is 2. The second-order valence-electron chi connectivity index (χ2n) is 6.21. The first-order valence-electron chi connectivity index (χ1n) is 8.02. The zero-order valence-electron chi connectivity index (χ0n) is 13.8. The normalized spacial score (nSPS) is 15.2. The van der Waals surface area contributed by atoms with E-state index in [4.69, 9.17) is 9.26 Å². The number of carboxylic acids is 1. The third-order valence-corrected chi connectivity index (χ3v) is 4.34. The van der Waals surface area contributed by atoms with Crippen molar-refractivity contribution in [1.82, 2.24) is 10.1 Å². The summed E-state index contributed by atoms with van der Waals surface area (Å²) in [4.78, 5) is 27.4. The molecule has 1 saturated carbocycles. The van der Waals surface area contributed by atoms with Gasteiger partial charge in [-0.15, -0.1) is 0 Å². The topological polar surface area (TPSA) is 115 Å². The molecule has 0 atom stereocenters. The van der Waals surface area contributed by atoms with Gasteiger partial charge >= 0.3 is 5.97 Å². The summed E-state index contributed by atoms with van der Waals surface area (Å²) >= 11 is 0. The number of ether oxygens (including phenoxy) is 1. The van der Waals surface area contributed by atoms with Crippen LogP contribution in [0.15, 0.2) is 28.8 Å². The molecule has 0 unspecified atom stereocenters. The van der Waals surface area contributed by atoms with Gasteiger partial charge in [0.1, 0.15) is 5.75 Å². The van der Waals surface area contributed by atoms with E-state index in [9.17, 15) is 14.7 Å². The third kappa shape index (κ3) is 3.96. The lowest BCUT2D eigenvalue weighted by atomic mass is 9.66. The second-order valence-corrected chi connectivity index (χ2v) is 6.21. The molecule has 0 bridgehead atoms. The van der Waals surface area contributed by atoms with Gasteiger partial charge in [-0.2, -0.15) is 4.98 Å². The molecule has 8 nitrogen and oxygen atoms in total. The first-order chi connectivity index (χ1) is 12.0. The average Bonchev–Trinajstić information content (AvgIpc) is 2.95. The minimum Gasteiger partial charge on any atom is -0.485 e. The van der Waals surface area contributed by atoms with Crippen LogP contribution in [-0.2, 0) is 16.2 Å². The van der Waals surface area contributed by atoms with Crippen molar-refractivity contribution in [2.75, 3.05) is 5.32 Å². The highest BCUT2D eigenvalue weighted by Crippen LogP contribution is 2.44. The smallest absolute Gasteiger partial charge is 0.310 e. The molecule has 0 spiro atoms. The van der Waals surface area contributed by atoms with Crippen molar-refractivity contribution in [3.8, 4) is 5.75 Å². The fourth-order valence-corrected chi connectivity index (χ4v) is 2.76. The summed E-state index contributed by atoms with van der Waals surface area (Å²) in [6, 6.07) is 6.81. The lowest BCUT2D eigenvalue weighted by molar-refractivity contribution is -0.157. The lowest BCUT2D eigenvalue weighted by Gasteiger charge is -2.36. The fraction of sp³-hybridized carbons (Fsp3) is 0.412. The van der Waals surface area contributed by atoms with Gasteiger partial charge < -0.3 is 19.7 Å². The zero-order chi connectivity index (χ0) is 17.9. The van der Waals surface area contributed by atoms with Crippen LogP contribution >= 0.6 is 0 Å². The summed E-state index contributed by atoms with van der Waals surface area (Å²) in [5.41, 5.74) is -0.303. The Morgan fingerprint density at radius 2 is 2.04 bits per heavy atom. The highest BCUT2D eigenvalue weighted by Gasteiger charge is 2.45. The molecule has 1 aliphatic rings. The molecule has 0 aliphatic heterocycles. The van der Waals surface area contributed by atoms with E-state index in [1.54, 1.807) is 31.2 Å². The minimum atomic E-state index is -0.894. The average molecular weight is 345 g/mol. The molecule has 1 aromatic heterocycles. The van der Waals surface area contributed by atoms with Crippen molar-refractivity contribution in [1.29, 1.82) is 0 Å². The van der Waals surface area contributed by atoms with Gasteiger partial charge in [0.2, 0.25) is 17.6 Å². The van der Waals surface area contributed by atoms with Crippen LogP contribution in [-0.4, -0.2) is 27.1 Å². The van der Waals surface area contributed by atoms with Crippen molar-refractivity contribution >= 4 is 17.6 Å². The summed E-state index contributed by atoms with van der Waals surface area (Å²) in [7, 11) is 0. The van der Waals surface area contributed by atoms with E-state index < -0.39 is 11.4 Å². The quantitative estimate of drug-likeness (QED) is 0.792. The Bertz CT molecular complexity index is 765. The summed E-state index contributed by atoms with van der Waals surface area (Å²) in [5, 5.41) is 15.7. The molecule has 0 radical (unpaired) electrons. The Balaban J connectivity index is 1.51. The Morgan fingerprint density at radius 1 is 1.32 bits per heavy atom. The molecule has 1 heterocycles. The predicted octanol–water partition coefficient (Wildman–Crippen LogP) is 2.54. The van der Waals surface area contributed by atoms with Crippen molar-refractivity contribution in [2.24, 2.45) is 5.41 Å². The number of aromatic nitrogens is 2. The number of carboxylic acid groups (broad SMARTS) is 1. The fourth-order valence-electron chi connectivity index (χ4n) is 2.76. The Hall–Kier alpha value is -2.90. The predicted molar refractivity (Wildman–Crippen MR) is 87.0 cm³/mol. The van der Waals surface area contributed by atoms with Crippen LogP contribution in [0.25, 0.3) is 0 Å². The summed E-state index contributed by atoms with van der Waals surface area (Å²) < 4.78 is 10.4. The molecule has 1 amide bonds. The van der Waals surface area contributed by atoms with Gasteiger partial charge in [0.25, 0.3) is 0 Å². The van der Waals surface area contributed by atoms with Gasteiger partial charge in [0.15, 0.2) is 6.61 Å². The van der Waals surface area contributed by atoms with E-state index in [1.165, 1.54) is 0 Å². The van der Waals surface area contributed by atoms with E-state index in [0.717, 1.165) is 6.42 Å². The number of anilines is 1. The van der Waals surface area contributed by atoms with Crippen LogP contribution in [0.1, 0.15) is 37.4 Å². The number of aryl methyl sites for hydroxylation is 1. The van der Waals surface area contributed by atoms with Crippen LogP contribution in [0.5, 0.6) is 5.75 Å². The standard InChI is InChI=1S/C17H19N3O5/c1-11-18-14(20-25-11)10-24-13-5-3-12(4-6-13)19-15(21)9-17(16(22)23)7-2-8-17/h3-6H,2,7-10H2,1H3,(H,19,21)(H,22,23). The summed E-state index contributed by atoms with van der Waals surface area (Å²) in [6.07, 6.45) is 1.96. The van der Waals surface area contributed by atoms with Gasteiger partial charge in [0.05, 0.1) is 5.41 Å². The molecular formula is C17H19N3O5. The largest absolute Gasteiger partial charge is 0.485 e. The number of benzene rings is 1. The highest BCUT2D eigenvalue weighted by atomic mass is 16.5. The molecule has 1 fully saturated rings. The molecule has 2 aromatic rings. The molecule has 1 aliphatic carbocycles. The first-order valence-corrected chi connectivity index (χ1v) is 8.02. The van der Waals surface area contributed by atoms with E-state index in [-0.39, 0.29) is 18.9 Å². The van der Waals surface area contributed by atoms with Crippen molar-refractivity contribution in [3.63, 3.8) is 0 Å². The number of amides is 1. The Morgan fingerprint density at radius 3 is 2.56 bits per heavy atom. The highest BCUT2D eigenvalue weighted by molar-refractivity contribution is 5.94. The summed E-state index contributed by atoms with van der Waals surface area (Å²) in [5.74, 6) is 0.338. The minimum absolute atomic E-state index is 0.00222. The number of rotatable bonds is 7. The molecule has 0 saturated heterocycles. The summed E-state index contributed by atoms with van der Waals surface area (Å²) in [6.45, 7) is 1.89. The van der Waals surface area contributed by atoms with Crippen LogP contribution in [0.2, 0.25) is 0 Å². The molecule has 132 valence electrons. The van der Waals surface area contributed by atoms with Gasteiger partial charge in [-0.1, -0.05) is 11.6 Å². The van der Waals surface area contributed by atoms with Crippen LogP contribution in [0.4, 0.5) is 5.69 Å². The van der Waals surface area contributed by atoms with E-state index in [2.05, 4.69) is 15.5 Å². The molecule has 1 aromatic carbocycles. The molecule has 3 rings (SSSR count). The monoisotopic (exact) mass is 345 g/mol. The molecule has 2 N–H and O–H groups in total. The van der Waals surface area contributed by atoms with Gasteiger partial charge in [-0.05, 0) is 37.1 Å². The maximum absolute atomic E-state index is 12.1. The molecule has 8 heteroatoms. The maximum atomic E-state index is 12.1. The van der Waals surface area contributed by atoms with Gasteiger partial charge in [0, 0.05) is 19.0 Å². The van der Waals surface area contributed by atoms with E-state index >= 15 is 0 Å². The van der Waals surface area contributed by atoms with Crippen molar-refractivity contribution in [3.05, 3.63) is 36.0 Å². The van der Waals surface area contributed by atoms with Crippen LogP contribution in [0, 0.1) is 12.3 Å². The SMILES string of the molecule is Cc1nc(COc2ccc(NC(=O)CC3(C(=O)O)CCC3)cc2)no1. The number of aliphatic carboxylic acids is 1. The lowest BCUT2D eigenvalue weighted by Crippen LogP contribution is -2.41. The van der Waals surface area contributed by atoms with E-state index in [1.807, 2.05) is 0 Å². The van der Waals surface area contributed by atoms with Crippen molar-refractivity contribution < 1.29 is 24.0 Å². The Kier molecular flexibility index (Phi) is 4.69. The molecule has 25 heavy (non-hydrogen) atoms. The third-order valence-electron chi connectivity index (χ3n) is 4.34. The van der Waals surface area contributed by atoms with Gasteiger partial charge in [-0.25, -0.2) is 0 Å². The maximum Gasteiger partial charge on any atom is 0.310 e. The van der Waals surface area contributed by atoms with E-state index in [0.29, 0.717) is 36.0 Å². The van der Waals surface area contributed by atoms with Crippen molar-refractivity contribution in [2.45, 2.75) is 39.2 Å². The second kappa shape index (κ2) is 6.92. The molecular weight excluding hydrogens is 326 g/mol. The number of hydrogen-bond donors (Lipinski definition) is 2.